The topological polar surface area (TPSA) is 29.0 Å². The second-order valence-corrected chi connectivity index (χ2v) is 5.90. The molecule has 0 saturated carbocycles. The van der Waals surface area contributed by atoms with Gasteiger partial charge in [0.25, 0.3) is 0 Å². The number of aromatic nitrogens is 1. The average Bonchev–Trinajstić information content (AvgIpc) is 2.84. The predicted molar refractivity (Wildman–Crippen MR) is 88.0 cm³/mol. The van der Waals surface area contributed by atoms with Crippen molar-refractivity contribution >= 4 is 22.3 Å². The molecule has 5 heteroatoms. The van der Waals surface area contributed by atoms with Crippen molar-refractivity contribution in [1.82, 2.24) is 9.88 Å². The Bertz CT molecular complexity index is 899. The smallest absolute Gasteiger partial charge is 0.160 e. The van der Waals surface area contributed by atoms with E-state index in [0.29, 0.717) is 5.69 Å². The number of halogens is 2. The number of anilines is 2. The molecule has 1 aliphatic rings. The van der Waals surface area contributed by atoms with Crippen LogP contribution in [0.5, 0.6) is 0 Å². The van der Waals surface area contributed by atoms with Gasteiger partial charge in [-0.1, -0.05) is 6.07 Å². The quantitative estimate of drug-likeness (QED) is 0.752. The summed E-state index contributed by atoms with van der Waals surface area (Å²) in [5.41, 5.74) is 5.25. The normalized spacial score (nSPS) is 14.0. The van der Waals surface area contributed by atoms with Crippen molar-refractivity contribution in [2.24, 2.45) is 7.05 Å². The van der Waals surface area contributed by atoms with E-state index in [1.807, 2.05) is 6.07 Å². The van der Waals surface area contributed by atoms with Crippen LogP contribution in [0.3, 0.4) is 0 Å². The van der Waals surface area contributed by atoms with Crippen LogP contribution >= 0.6 is 0 Å². The highest BCUT2D eigenvalue weighted by molar-refractivity contribution is 5.89. The zero-order chi connectivity index (χ0) is 16.0. The van der Waals surface area contributed by atoms with Gasteiger partial charge in [-0.3, -0.25) is 0 Å². The van der Waals surface area contributed by atoms with Crippen molar-refractivity contribution in [3.05, 3.63) is 59.3 Å². The molecule has 0 aliphatic carbocycles. The van der Waals surface area contributed by atoms with Gasteiger partial charge in [-0.25, -0.2) is 8.78 Å². The fraction of sp³-hybridized carbons (Fsp3) is 0.222. The molecule has 0 spiro atoms. The number of hydrogen-bond acceptors (Lipinski definition) is 2. The maximum absolute atomic E-state index is 13.3. The molecule has 0 bridgehead atoms. The summed E-state index contributed by atoms with van der Waals surface area (Å²) in [6.07, 6.45) is 1.02. The van der Waals surface area contributed by atoms with E-state index in [-0.39, 0.29) is 0 Å². The van der Waals surface area contributed by atoms with E-state index < -0.39 is 11.6 Å². The Balaban J connectivity index is 1.74. The summed E-state index contributed by atoms with van der Waals surface area (Å²) in [5, 5.41) is 7.78. The first-order valence-electron chi connectivity index (χ1n) is 7.66. The molecule has 2 aromatic carbocycles. The lowest BCUT2D eigenvalue weighted by molar-refractivity contribution is 0.509. The van der Waals surface area contributed by atoms with Gasteiger partial charge in [0.2, 0.25) is 0 Å². The van der Waals surface area contributed by atoms with Gasteiger partial charge in [0, 0.05) is 55.1 Å². The lowest BCUT2D eigenvalue weighted by Crippen LogP contribution is -2.24. The van der Waals surface area contributed by atoms with Gasteiger partial charge in [0.05, 0.1) is 5.52 Å². The Kier molecular flexibility index (Phi) is 3.31. The number of nitrogens with zero attached hydrogens (tertiary/aromatic N) is 1. The highest BCUT2D eigenvalue weighted by Gasteiger charge is 2.18. The second-order valence-electron chi connectivity index (χ2n) is 5.90. The predicted octanol–water partition coefficient (Wildman–Crippen LogP) is 3.85. The summed E-state index contributed by atoms with van der Waals surface area (Å²) in [5.74, 6) is -1.69. The van der Waals surface area contributed by atoms with E-state index in [1.165, 1.54) is 28.8 Å². The molecule has 0 fully saturated rings. The molecule has 0 unspecified atom stereocenters. The molecule has 1 aliphatic heterocycles. The van der Waals surface area contributed by atoms with Crippen molar-refractivity contribution < 1.29 is 8.78 Å². The summed E-state index contributed by atoms with van der Waals surface area (Å²) in [4.78, 5) is 0. The zero-order valence-corrected chi connectivity index (χ0v) is 12.8. The molecular formula is C18H17F2N3. The number of nitrogens with one attached hydrogen (secondary N) is 2. The molecule has 1 aromatic heterocycles. The summed E-state index contributed by atoms with van der Waals surface area (Å²) in [7, 11) is 2.08. The minimum absolute atomic E-state index is 0.531. The maximum Gasteiger partial charge on any atom is 0.160 e. The van der Waals surface area contributed by atoms with Gasteiger partial charge >= 0.3 is 0 Å². The third kappa shape index (κ3) is 2.37. The van der Waals surface area contributed by atoms with Crippen LogP contribution < -0.4 is 10.6 Å². The molecular weight excluding hydrogens is 296 g/mol. The van der Waals surface area contributed by atoms with Gasteiger partial charge < -0.3 is 15.2 Å². The van der Waals surface area contributed by atoms with Crippen molar-refractivity contribution in [3.63, 3.8) is 0 Å². The highest BCUT2D eigenvalue weighted by atomic mass is 19.2. The van der Waals surface area contributed by atoms with Crippen LogP contribution in [-0.2, 0) is 20.0 Å². The van der Waals surface area contributed by atoms with Crippen molar-refractivity contribution in [1.29, 1.82) is 0 Å². The van der Waals surface area contributed by atoms with Gasteiger partial charge in [0.1, 0.15) is 0 Å². The average molecular weight is 313 g/mol. The Morgan fingerprint density at radius 3 is 2.65 bits per heavy atom. The minimum Gasteiger partial charge on any atom is -0.355 e. The van der Waals surface area contributed by atoms with Crippen LogP contribution in [0.25, 0.3) is 10.9 Å². The van der Waals surface area contributed by atoms with Crippen molar-refractivity contribution in [2.75, 3.05) is 11.9 Å². The molecule has 4 rings (SSSR count). The van der Waals surface area contributed by atoms with Crippen LogP contribution in [0.15, 0.2) is 36.4 Å². The van der Waals surface area contributed by atoms with Crippen LogP contribution in [0, 0.1) is 11.6 Å². The standard InChI is InChI=1S/C18H17F2N3/c1-23-17-6-7-21-10-14(17)13-4-2-12(9-18(13)23)22-11-3-5-15(19)16(20)8-11/h2-5,8-9,21-22H,6-7,10H2,1H3. The Hall–Kier alpha value is -2.40. The zero-order valence-electron chi connectivity index (χ0n) is 12.8. The molecule has 0 saturated heterocycles. The molecule has 0 radical (unpaired) electrons. The SMILES string of the molecule is Cn1c2c(c3ccc(Nc4ccc(F)c(F)c4)cc31)CNCC2. The van der Waals surface area contributed by atoms with E-state index in [4.69, 9.17) is 0 Å². The fourth-order valence-electron chi connectivity index (χ4n) is 3.32. The molecule has 0 amide bonds. The third-order valence-corrected chi connectivity index (χ3v) is 4.49. The van der Waals surface area contributed by atoms with Crippen molar-refractivity contribution in [3.8, 4) is 0 Å². The molecule has 23 heavy (non-hydrogen) atoms. The third-order valence-electron chi connectivity index (χ3n) is 4.49. The Labute approximate surface area is 132 Å². The second kappa shape index (κ2) is 5.35. The summed E-state index contributed by atoms with van der Waals surface area (Å²) < 4.78 is 28.6. The number of hydrogen-bond donors (Lipinski definition) is 2. The summed E-state index contributed by atoms with van der Waals surface area (Å²) >= 11 is 0. The van der Waals surface area contributed by atoms with Crippen LogP contribution in [0.1, 0.15) is 11.3 Å². The van der Waals surface area contributed by atoms with E-state index >= 15 is 0 Å². The van der Waals surface area contributed by atoms with E-state index in [1.54, 1.807) is 0 Å². The number of benzene rings is 2. The molecule has 2 N–H and O–H groups in total. The highest BCUT2D eigenvalue weighted by Crippen LogP contribution is 2.30. The minimum atomic E-state index is -0.850. The lowest BCUT2D eigenvalue weighted by Gasteiger charge is -2.14. The largest absolute Gasteiger partial charge is 0.355 e. The van der Waals surface area contributed by atoms with E-state index in [0.717, 1.165) is 36.8 Å². The van der Waals surface area contributed by atoms with Crippen LogP contribution in [0.2, 0.25) is 0 Å². The first-order chi connectivity index (χ1) is 11.1. The molecule has 3 nitrogen and oxygen atoms in total. The Morgan fingerprint density at radius 1 is 1.04 bits per heavy atom. The summed E-state index contributed by atoms with van der Waals surface area (Å²) in [6, 6.07) is 9.93. The number of fused-ring (bicyclic) bond motifs is 3. The molecule has 118 valence electrons. The fourth-order valence-corrected chi connectivity index (χ4v) is 3.32. The maximum atomic E-state index is 13.3. The number of rotatable bonds is 2. The van der Waals surface area contributed by atoms with Gasteiger partial charge in [-0.05, 0) is 29.8 Å². The van der Waals surface area contributed by atoms with E-state index in [2.05, 4.69) is 34.4 Å². The Morgan fingerprint density at radius 2 is 1.83 bits per heavy atom. The lowest BCUT2D eigenvalue weighted by atomic mass is 10.1. The van der Waals surface area contributed by atoms with Crippen LogP contribution in [-0.4, -0.2) is 11.1 Å². The van der Waals surface area contributed by atoms with Gasteiger partial charge in [0.15, 0.2) is 11.6 Å². The first-order valence-corrected chi connectivity index (χ1v) is 7.66. The molecule has 0 atom stereocenters. The monoisotopic (exact) mass is 313 g/mol. The number of aryl methyl sites for hydroxylation is 1. The molecule has 2 heterocycles. The van der Waals surface area contributed by atoms with Crippen molar-refractivity contribution in [2.45, 2.75) is 13.0 Å². The van der Waals surface area contributed by atoms with Gasteiger partial charge in [-0.2, -0.15) is 0 Å². The molecule has 3 aromatic rings. The van der Waals surface area contributed by atoms with E-state index in [9.17, 15) is 8.78 Å². The van der Waals surface area contributed by atoms with Gasteiger partial charge in [-0.15, -0.1) is 0 Å². The van der Waals surface area contributed by atoms with Crippen LogP contribution in [0.4, 0.5) is 20.2 Å². The first kappa shape index (κ1) is 14.2. The summed E-state index contributed by atoms with van der Waals surface area (Å²) in [6.45, 7) is 1.89.